The Labute approximate surface area is 109 Å². The van der Waals surface area contributed by atoms with Crippen LogP contribution in [0.4, 0.5) is 0 Å². The molecule has 18 heavy (non-hydrogen) atoms. The number of sulfonamides is 1. The first-order valence-electron chi connectivity index (χ1n) is 6.00. The molecule has 1 rings (SSSR count). The molecule has 0 spiro atoms. The van der Waals surface area contributed by atoms with Crippen LogP contribution in [0.2, 0.25) is 0 Å². The first-order valence-corrected chi connectivity index (χ1v) is 7.49. The Hall–Kier alpha value is -1.55. The zero-order valence-electron chi connectivity index (χ0n) is 10.6. The minimum absolute atomic E-state index is 0.258. The van der Waals surface area contributed by atoms with Crippen LogP contribution in [0, 0.1) is 0 Å². The molecule has 1 N–H and O–H groups in total. The Morgan fingerprint density at radius 2 is 2.00 bits per heavy atom. The van der Waals surface area contributed by atoms with E-state index in [1.54, 1.807) is 30.3 Å². The van der Waals surface area contributed by atoms with Crippen molar-refractivity contribution in [1.29, 1.82) is 0 Å². The predicted molar refractivity (Wildman–Crippen MR) is 74.6 cm³/mol. The van der Waals surface area contributed by atoms with E-state index in [0.717, 1.165) is 19.3 Å². The van der Waals surface area contributed by atoms with Gasteiger partial charge in [0, 0.05) is 5.70 Å². The molecule has 0 saturated heterocycles. The molecule has 0 radical (unpaired) electrons. The van der Waals surface area contributed by atoms with E-state index in [9.17, 15) is 8.42 Å². The molecular formula is C14H19NO2S. The third-order valence-corrected chi connectivity index (χ3v) is 3.84. The third-order valence-electron chi connectivity index (χ3n) is 2.45. The average Bonchev–Trinajstić information content (AvgIpc) is 2.38. The van der Waals surface area contributed by atoms with Crippen LogP contribution in [-0.4, -0.2) is 8.42 Å². The normalized spacial score (nSPS) is 12.2. The van der Waals surface area contributed by atoms with Crippen molar-refractivity contribution in [2.45, 2.75) is 31.1 Å². The molecule has 0 aliphatic heterocycles. The molecule has 98 valence electrons. The van der Waals surface area contributed by atoms with E-state index in [1.807, 2.05) is 6.08 Å². The quantitative estimate of drug-likeness (QED) is 0.607. The third kappa shape index (κ3) is 4.37. The van der Waals surface area contributed by atoms with Gasteiger partial charge in [-0.15, -0.1) is 0 Å². The number of allylic oxidation sites excluding steroid dienone is 2. The van der Waals surface area contributed by atoms with E-state index in [4.69, 9.17) is 0 Å². The second kappa shape index (κ2) is 7.01. The minimum atomic E-state index is -3.50. The maximum Gasteiger partial charge on any atom is 0.261 e. The zero-order chi connectivity index (χ0) is 13.4. The van der Waals surface area contributed by atoms with Gasteiger partial charge < -0.3 is 0 Å². The van der Waals surface area contributed by atoms with Gasteiger partial charge in [0.05, 0.1) is 4.90 Å². The monoisotopic (exact) mass is 265 g/mol. The molecule has 1 aromatic rings. The zero-order valence-corrected chi connectivity index (χ0v) is 11.4. The highest BCUT2D eigenvalue weighted by atomic mass is 32.2. The number of nitrogens with one attached hydrogen (secondary N) is 1. The highest BCUT2D eigenvalue weighted by Gasteiger charge is 2.13. The Kier molecular flexibility index (Phi) is 5.65. The molecule has 0 bridgehead atoms. The van der Waals surface area contributed by atoms with E-state index in [0.29, 0.717) is 5.70 Å². The van der Waals surface area contributed by atoms with Crippen LogP contribution in [0.25, 0.3) is 0 Å². The Morgan fingerprint density at radius 3 is 2.56 bits per heavy atom. The molecule has 0 unspecified atom stereocenters. The first kappa shape index (κ1) is 14.5. The maximum atomic E-state index is 12.0. The summed E-state index contributed by atoms with van der Waals surface area (Å²) in [7, 11) is -3.50. The summed E-state index contributed by atoms with van der Waals surface area (Å²) in [6, 6.07) is 8.31. The SMILES string of the molecule is C=CC(=CCCCC)NS(=O)(=O)c1ccccc1. The van der Waals surface area contributed by atoms with Crippen molar-refractivity contribution < 1.29 is 8.42 Å². The standard InChI is InChI=1S/C14H19NO2S/c1-3-5-7-10-13(4-2)15-18(16,17)14-11-8-6-9-12-14/h4,6,8-12,15H,2-3,5,7H2,1H3. The van der Waals surface area contributed by atoms with Gasteiger partial charge in [0.2, 0.25) is 0 Å². The smallest absolute Gasteiger partial charge is 0.261 e. The molecule has 0 saturated carbocycles. The van der Waals surface area contributed by atoms with Gasteiger partial charge in [0.15, 0.2) is 0 Å². The Balaban J connectivity index is 2.82. The summed E-state index contributed by atoms with van der Waals surface area (Å²) in [5.74, 6) is 0. The highest BCUT2D eigenvalue weighted by molar-refractivity contribution is 7.89. The lowest BCUT2D eigenvalue weighted by Gasteiger charge is -2.08. The van der Waals surface area contributed by atoms with Crippen molar-refractivity contribution in [3.05, 3.63) is 54.8 Å². The van der Waals surface area contributed by atoms with Gasteiger partial charge >= 0.3 is 0 Å². The van der Waals surface area contributed by atoms with Gasteiger partial charge in [-0.1, -0.05) is 44.2 Å². The number of hydrogen-bond acceptors (Lipinski definition) is 2. The van der Waals surface area contributed by atoms with Crippen molar-refractivity contribution in [3.8, 4) is 0 Å². The number of unbranched alkanes of at least 4 members (excludes halogenated alkanes) is 2. The fourth-order valence-corrected chi connectivity index (χ4v) is 2.55. The van der Waals surface area contributed by atoms with Gasteiger partial charge in [-0.2, -0.15) is 0 Å². The van der Waals surface area contributed by atoms with Crippen molar-refractivity contribution in [3.63, 3.8) is 0 Å². The highest BCUT2D eigenvalue weighted by Crippen LogP contribution is 2.10. The predicted octanol–water partition coefficient (Wildman–Crippen LogP) is 3.23. The van der Waals surface area contributed by atoms with E-state index in [2.05, 4.69) is 18.2 Å². The summed E-state index contributed by atoms with van der Waals surface area (Å²) in [5, 5.41) is 0. The van der Waals surface area contributed by atoms with Crippen LogP contribution in [0.3, 0.4) is 0 Å². The van der Waals surface area contributed by atoms with Gasteiger partial charge in [0.1, 0.15) is 0 Å². The lowest BCUT2D eigenvalue weighted by molar-refractivity contribution is 0.589. The fourth-order valence-electron chi connectivity index (χ4n) is 1.44. The van der Waals surface area contributed by atoms with Crippen molar-refractivity contribution in [2.24, 2.45) is 0 Å². The molecule has 0 amide bonds. The van der Waals surface area contributed by atoms with Crippen LogP contribution in [-0.2, 0) is 10.0 Å². The molecule has 0 aliphatic carbocycles. The van der Waals surface area contributed by atoms with Gasteiger partial charge in [0.25, 0.3) is 10.0 Å². The summed E-state index contributed by atoms with van der Waals surface area (Å²) in [6.07, 6.45) is 6.33. The van der Waals surface area contributed by atoms with Crippen LogP contribution < -0.4 is 4.72 Å². The van der Waals surface area contributed by atoms with E-state index >= 15 is 0 Å². The molecule has 1 aromatic carbocycles. The van der Waals surface area contributed by atoms with Crippen LogP contribution in [0.15, 0.2) is 59.7 Å². The van der Waals surface area contributed by atoms with Crippen molar-refractivity contribution >= 4 is 10.0 Å². The number of hydrogen-bond donors (Lipinski definition) is 1. The van der Waals surface area contributed by atoms with Gasteiger partial charge in [-0.25, -0.2) is 8.42 Å². The minimum Gasteiger partial charge on any atom is -0.280 e. The Morgan fingerprint density at radius 1 is 1.33 bits per heavy atom. The summed E-state index contributed by atoms with van der Waals surface area (Å²) < 4.78 is 26.6. The van der Waals surface area contributed by atoms with Crippen molar-refractivity contribution in [2.75, 3.05) is 0 Å². The lowest BCUT2D eigenvalue weighted by Crippen LogP contribution is -2.22. The summed E-state index contributed by atoms with van der Waals surface area (Å²) >= 11 is 0. The molecule has 0 atom stereocenters. The largest absolute Gasteiger partial charge is 0.280 e. The van der Waals surface area contributed by atoms with E-state index in [1.165, 1.54) is 6.08 Å². The second-order valence-corrected chi connectivity index (χ2v) is 5.61. The average molecular weight is 265 g/mol. The molecule has 0 aromatic heterocycles. The number of rotatable bonds is 7. The summed E-state index contributed by atoms with van der Waals surface area (Å²) in [5.41, 5.74) is 0.535. The van der Waals surface area contributed by atoms with Gasteiger partial charge in [-0.05, 0) is 31.1 Å². The van der Waals surface area contributed by atoms with E-state index < -0.39 is 10.0 Å². The molecule has 0 fully saturated rings. The Bertz CT molecular complexity index is 504. The molecule has 0 heterocycles. The van der Waals surface area contributed by atoms with Crippen LogP contribution in [0.1, 0.15) is 26.2 Å². The van der Waals surface area contributed by atoms with Crippen molar-refractivity contribution in [1.82, 2.24) is 4.72 Å². The summed E-state index contributed by atoms with van der Waals surface area (Å²) in [6.45, 7) is 5.72. The molecular weight excluding hydrogens is 246 g/mol. The summed E-state index contributed by atoms with van der Waals surface area (Å²) in [4.78, 5) is 0.258. The number of benzene rings is 1. The lowest BCUT2D eigenvalue weighted by atomic mass is 10.2. The van der Waals surface area contributed by atoms with Crippen LogP contribution >= 0.6 is 0 Å². The second-order valence-electron chi connectivity index (χ2n) is 3.92. The van der Waals surface area contributed by atoms with E-state index in [-0.39, 0.29) is 4.90 Å². The fraction of sp³-hybridized carbons (Fsp3) is 0.286. The first-order chi connectivity index (χ1) is 8.60. The molecule has 4 heteroatoms. The topological polar surface area (TPSA) is 46.2 Å². The van der Waals surface area contributed by atoms with Crippen LogP contribution in [0.5, 0.6) is 0 Å². The van der Waals surface area contributed by atoms with Gasteiger partial charge in [-0.3, -0.25) is 4.72 Å². The maximum absolute atomic E-state index is 12.0. The molecule has 3 nitrogen and oxygen atoms in total. The molecule has 0 aliphatic rings.